The smallest absolute Gasteiger partial charge is 0.0348 e. The summed E-state index contributed by atoms with van der Waals surface area (Å²) in [5.74, 6) is 0. The van der Waals surface area contributed by atoms with Gasteiger partial charge in [-0.3, -0.25) is 0 Å². The second-order valence-electron chi connectivity index (χ2n) is 9.98. The van der Waals surface area contributed by atoms with E-state index in [9.17, 15) is 0 Å². The fourth-order valence-electron chi connectivity index (χ4n) is 4.53. The Bertz CT molecular complexity index is 966. The van der Waals surface area contributed by atoms with Gasteiger partial charge in [-0.15, -0.1) is 11.3 Å². The number of hydrogen-bond acceptors (Lipinski definition) is 1. The summed E-state index contributed by atoms with van der Waals surface area (Å²) in [4.78, 5) is 0. The lowest BCUT2D eigenvalue weighted by atomic mass is 9.77. The molecule has 0 saturated heterocycles. The van der Waals surface area contributed by atoms with Gasteiger partial charge in [0.25, 0.3) is 0 Å². The first-order valence-electron chi connectivity index (χ1n) is 10.4. The highest BCUT2D eigenvalue weighted by Gasteiger charge is 2.24. The van der Waals surface area contributed by atoms with Gasteiger partial charge in [0.1, 0.15) is 0 Å². The highest BCUT2D eigenvalue weighted by molar-refractivity contribution is 7.17. The number of hydrogen-bond donors (Lipinski definition) is 0. The minimum Gasteiger partial charge on any atom is -0.143 e. The Labute approximate surface area is 168 Å². The van der Waals surface area contributed by atoms with Crippen LogP contribution in [0.5, 0.6) is 0 Å². The number of rotatable bonds is 3. The van der Waals surface area contributed by atoms with Gasteiger partial charge in [-0.2, -0.15) is 0 Å². The first-order chi connectivity index (χ1) is 12.7. The highest BCUT2D eigenvalue weighted by atomic mass is 32.1. The quantitative estimate of drug-likeness (QED) is 0.441. The van der Waals surface area contributed by atoms with Crippen LogP contribution in [-0.4, -0.2) is 0 Å². The van der Waals surface area contributed by atoms with E-state index in [1.54, 1.807) is 11.1 Å². The maximum absolute atomic E-state index is 2.50. The topological polar surface area (TPSA) is 0 Å². The molecule has 1 aliphatic rings. The van der Waals surface area contributed by atoms with Crippen molar-refractivity contribution in [1.82, 2.24) is 0 Å². The summed E-state index contributed by atoms with van der Waals surface area (Å²) >= 11 is 1.90. The van der Waals surface area contributed by atoms with Crippen LogP contribution in [0.4, 0.5) is 0 Å². The summed E-state index contributed by atoms with van der Waals surface area (Å²) in [6, 6.07) is 14.4. The molecule has 4 rings (SSSR count). The second kappa shape index (κ2) is 6.78. The molecule has 0 N–H and O–H groups in total. The van der Waals surface area contributed by atoms with Gasteiger partial charge in [0, 0.05) is 4.70 Å². The summed E-state index contributed by atoms with van der Waals surface area (Å²) in [5, 5.41) is 3.78. The fraction of sp³-hybridized carbons (Fsp3) is 0.462. The van der Waals surface area contributed by atoms with E-state index >= 15 is 0 Å². The molecule has 0 spiro atoms. The van der Waals surface area contributed by atoms with Crippen molar-refractivity contribution in [2.24, 2.45) is 0 Å². The molecule has 3 aromatic rings. The Kier molecular flexibility index (Phi) is 4.71. The number of benzene rings is 2. The van der Waals surface area contributed by atoms with Crippen molar-refractivity contribution in [3.05, 3.63) is 69.6 Å². The molecule has 1 aliphatic carbocycles. The van der Waals surface area contributed by atoms with Gasteiger partial charge in [-0.25, -0.2) is 0 Å². The van der Waals surface area contributed by atoms with Crippen LogP contribution in [-0.2, 0) is 30.1 Å². The van der Waals surface area contributed by atoms with E-state index in [-0.39, 0.29) is 10.8 Å². The van der Waals surface area contributed by atoms with Crippen molar-refractivity contribution in [3.63, 3.8) is 0 Å². The third kappa shape index (κ3) is 3.72. The number of thiophene rings is 1. The van der Waals surface area contributed by atoms with Crippen LogP contribution in [0.3, 0.4) is 0 Å². The van der Waals surface area contributed by atoms with Gasteiger partial charge in [0.15, 0.2) is 0 Å². The second-order valence-corrected chi connectivity index (χ2v) is 10.9. The zero-order valence-corrected chi connectivity index (χ0v) is 18.3. The molecule has 0 amide bonds. The third-order valence-corrected chi connectivity index (χ3v) is 7.17. The van der Waals surface area contributed by atoms with Crippen LogP contribution in [0, 0.1) is 0 Å². The van der Waals surface area contributed by atoms with Crippen LogP contribution >= 0.6 is 11.3 Å². The fourth-order valence-corrected chi connectivity index (χ4v) is 5.78. The van der Waals surface area contributed by atoms with E-state index < -0.39 is 0 Å². The van der Waals surface area contributed by atoms with Crippen molar-refractivity contribution >= 4 is 21.4 Å². The zero-order chi connectivity index (χ0) is 19.2. The Hall–Kier alpha value is -1.60. The molecule has 0 aliphatic heterocycles. The first kappa shape index (κ1) is 18.7. The van der Waals surface area contributed by atoms with Gasteiger partial charge in [-0.1, -0.05) is 65.0 Å². The Morgan fingerprint density at radius 3 is 2.33 bits per heavy atom. The molecule has 27 heavy (non-hydrogen) atoms. The van der Waals surface area contributed by atoms with Gasteiger partial charge < -0.3 is 0 Å². The lowest BCUT2D eigenvalue weighted by Gasteiger charge is -2.28. The van der Waals surface area contributed by atoms with Crippen LogP contribution in [0.1, 0.15) is 75.3 Å². The van der Waals surface area contributed by atoms with Crippen molar-refractivity contribution in [3.8, 4) is 0 Å². The summed E-state index contributed by atoms with van der Waals surface area (Å²) in [7, 11) is 0. The van der Waals surface area contributed by atoms with Crippen LogP contribution in [0.15, 0.2) is 41.8 Å². The van der Waals surface area contributed by atoms with Crippen LogP contribution in [0.2, 0.25) is 0 Å². The maximum atomic E-state index is 2.50. The molecule has 0 unspecified atom stereocenters. The monoisotopic (exact) mass is 376 g/mol. The molecule has 1 aromatic heterocycles. The van der Waals surface area contributed by atoms with Crippen LogP contribution in [0.25, 0.3) is 10.1 Å². The number of aryl methyl sites for hydroxylation is 2. The van der Waals surface area contributed by atoms with E-state index in [0.717, 1.165) is 6.42 Å². The molecule has 0 nitrogen and oxygen atoms in total. The molecule has 0 bridgehead atoms. The minimum absolute atomic E-state index is 0.157. The third-order valence-electron chi connectivity index (χ3n) is 6.22. The van der Waals surface area contributed by atoms with E-state index in [0.29, 0.717) is 0 Å². The van der Waals surface area contributed by atoms with Crippen molar-refractivity contribution in [2.45, 2.75) is 77.6 Å². The van der Waals surface area contributed by atoms with E-state index in [1.807, 2.05) is 11.3 Å². The van der Waals surface area contributed by atoms with Gasteiger partial charge in [0.05, 0.1) is 0 Å². The Morgan fingerprint density at radius 1 is 0.852 bits per heavy atom. The first-order valence-corrected chi connectivity index (χ1v) is 11.2. The molecule has 0 fully saturated rings. The lowest BCUT2D eigenvalue weighted by Crippen LogP contribution is -2.21. The normalized spacial score (nSPS) is 15.1. The summed E-state index contributed by atoms with van der Waals surface area (Å²) in [5.41, 5.74) is 7.96. The standard InChI is InChI=1S/C26H32S/c1-25(2,3)23-17-27-24-14-18(10-13-22(23)24)16-26(4,5)21-12-11-19-8-6-7-9-20(19)15-21/h10-15,17H,6-9,16H2,1-5H3. The Balaban J connectivity index is 1.62. The van der Waals surface area contributed by atoms with E-state index in [1.165, 1.54) is 52.5 Å². The predicted octanol–water partition coefficient (Wildman–Crippen LogP) is 7.60. The highest BCUT2D eigenvalue weighted by Crippen LogP contribution is 2.37. The van der Waals surface area contributed by atoms with Gasteiger partial charge in [0.2, 0.25) is 0 Å². The average molecular weight is 377 g/mol. The Morgan fingerprint density at radius 2 is 1.59 bits per heavy atom. The van der Waals surface area contributed by atoms with Gasteiger partial charge in [-0.05, 0) is 87.6 Å². The molecule has 2 aromatic carbocycles. The summed E-state index contributed by atoms with van der Waals surface area (Å²) in [6.45, 7) is 11.7. The van der Waals surface area contributed by atoms with Crippen LogP contribution < -0.4 is 0 Å². The van der Waals surface area contributed by atoms with Crippen molar-refractivity contribution in [2.75, 3.05) is 0 Å². The maximum Gasteiger partial charge on any atom is 0.0348 e. The molecular weight excluding hydrogens is 344 g/mol. The average Bonchev–Trinajstić information content (AvgIpc) is 3.04. The zero-order valence-electron chi connectivity index (χ0n) is 17.5. The largest absolute Gasteiger partial charge is 0.143 e. The molecule has 1 heterocycles. The summed E-state index contributed by atoms with van der Waals surface area (Å²) in [6.07, 6.45) is 6.32. The van der Waals surface area contributed by atoms with Crippen molar-refractivity contribution < 1.29 is 0 Å². The minimum atomic E-state index is 0.157. The van der Waals surface area contributed by atoms with E-state index in [4.69, 9.17) is 0 Å². The summed E-state index contributed by atoms with van der Waals surface area (Å²) < 4.78 is 1.43. The molecule has 0 atom stereocenters. The lowest BCUT2D eigenvalue weighted by molar-refractivity contribution is 0.520. The molecular formula is C26H32S. The van der Waals surface area contributed by atoms with E-state index in [2.05, 4.69) is 76.4 Å². The predicted molar refractivity (Wildman–Crippen MR) is 120 cm³/mol. The molecule has 0 saturated carbocycles. The molecule has 142 valence electrons. The molecule has 0 radical (unpaired) electrons. The van der Waals surface area contributed by atoms with Crippen molar-refractivity contribution in [1.29, 1.82) is 0 Å². The van der Waals surface area contributed by atoms with Gasteiger partial charge >= 0.3 is 0 Å². The number of fused-ring (bicyclic) bond motifs is 2. The molecule has 1 heteroatoms. The SMILES string of the molecule is CC(C)(C)c1csc2cc(CC(C)(C)c3ccc4c(c3)CCCC4)ccc12.